The zero-order valence-electron chi connectivity index (χ0n) is 16.6. The Labute approximate surface area is 166 Å². The summed E-state index contributed by atoms with van der Waals surface area (Å²) in [6.45, 7) is 2.76. The normalized spacial score (nSPS) is 19.0. The van der Waals surface area contributed by atoms with Crippen molar-refractivity contribution in [3.63, 3.8) is 0 Å². The molecule has 1 aromatic carbocycles. The van der Waals surface area contributed by atoms with Crippen LogP contribution in [0, 0.1) is 0 Å². The summed E-state index contributed by atoms with van der Waals surface area (Å²) in [5, 5.41) is 6.82. The van der Waals surface area contributed by atoms with E-state index in [0.29, 0.717) is 12.1 Å². The first kappa shape index (κ1) is 19.0. The molecule has 4 rings (SSSR count). The smallest absolute Gasteiger partial charge is 0.254 e. The van der Waals surface area contributed by atoms with Gasteiger partial charge in [-0.2, -0.15) is 5.10 Å². The third kappa shape index (κ3) is 4.55. The Bertz CT molecular complexity index is 763. The van der Waals surface area contributed by atoms with Crippen LogP contribution in [-0.4, -0.2) is 58.2 Å². The molecule has 0 spiro atoms. The van der Waals surface area contributed by atoms with Crippen molar-refractivity contribution in [1.82, 2.24) is 20.0 Å². The van der Waals surface area contributed by atoms with Gasteiger partial charge in [-0.25, -0.2) is 0 Å². The van der Waals surface area contributed by atoms with Crippen LogP contribution in [0.4, 0.5) is 0 Å². The summed E-state index contributed by atoms with van der Waals surface area (Å²) in [7, 11) is 1.80. The van der Waals surface area contributed by atoms with E-state index in [9.17, 15) is 4.79 Å². The topological polar surface area (TPSA) is 61.5 Å². The molecule has 0 unspecified atom stereocenters. The SMILES string of the molecule is CN(Cc1ccn[nH]1)C(=O)c1cccc(OC2CCN(C3CCCC3)CC2)c1. The molecule has 2 heterocycles. The molecule has 0 radical (unpaired) electrons. The van der Waals surface area contributed by atoms with E-state index in [1.165, 1.54) is 25.7 Å². The van der Waals surface area contributed by atoms with Crippen molar-refractivity contribution in [2.75, 3.05) is 20.1 Å². The first-order chi connectivity index (χ1) is 13.7. The third-order valence-electron chi connectivity index (χ3n) is 6.01. The number of H-pyrrole nitrogens is 1. The van der Waals surface area contributed by atoms with Crippen molar-refractivity contribution in [2.45, 2.75) is 57.2 Å². The number of amides is 1. The van der Waals surface area contributed by atoms with Gasteiger partial charge in [0.05, 0.1) is 12.2 Å². The van der Waals surface area contributed by atoms with Gasteiger partial charge >= 0.3 is 0 Å². The second-order valence-electron chi connectivity index (χ2n) is 8.06. The Kier molecular flexibility index (Phi) is 5.95. The van der Waals surface area contributed by atoms with Crippen LogP contribution in [0.15, 0.2) is 36.5 Å². The van der Waals surface area contributed by atoms with Gasteiger partial charge in [-0.3, -0.25) is 9.89 Å². The standard InChI is InChI=1S/C22H30N4O2/c1-25(16-18-9-12-23-24-18)22(27)17-5-4-8-21(15-17)28-20-10-13-26(14-11-20)19-6-2-3-7-19/h4-5,8-9,12,15,19-20H,2-3,6-7,10-11,13-14,16H2,1H3,(H,23,24). The zero-order valence-corrected chi connectivity index (χ0v) is 16.6. The van der Waals surface area contributed by atoms with Crippen LogP contribution in [0.3, 0.4) is 0 Å². The number of benzene rings is 1. The minimum Gasteiger partial charge on any atom is -0.490 e. The lowest BCUT2D eigenvalue weighted by atomic mass is 10.0. The number of aromatic amines is 1. The van der Waals surface area contributed by atoms with Crippen LogP contribution in [0.5, 0.6) is 5.75 Å². The molecule has 0 bridgehead atoms. The molecule has 1 N–H and O–H groups in total. The summed E-state index contributed by atoms with van der Waals surface area (Å²) < 4.78 is 6.23. The number of hydrogen-bond acceptors (Lipinski definition) is 4. The molecule has 2 aliphatic rings. The fraction of sp³-hybridized carbons (Fsp3) is 0.545. The van der Waals surface area contributed by atoms with Gasteiger partial charge in [0.2, 0.25) is 0 Å². The quantitative estimate of drug-likeness (QED) is 0.831. The Hall–Kier alpha value is -2.34. The summed E-state index contributed by atoms with van der Waals surface area (Å²) in [4.78, 5) is 17.1. The number of rotatable bonds is 6. The van der Waals surface area contributed by atoms with Gasteiger partial charge in [-0.05, 0) is 49.9 Å². The Morgan fingerprint density at radius 1 is 1.21 bits per heavy atom. The molecule has 1 amide bonds. The molecule has 1 saturated heterocycles. The molecular weight excluding hydrogens is 352 g/mol. The van der Waals surface area contributed by atoms with Crippen molar-refractivity contribution in [2.24, 2.45) is 0 Å². The largest absolute Gasteiger partial charge is 0.490 e. The summed E-state index contributed by atoms with van der Waals surface area (Å²) in [6.07, 6.45) is 9.56. The van der Waals surface area contributed by atoms with Crippen molar-refractivity contribution in [1.29, 1.82) is 0 Å². The lowest BCUT2D eigenvalue weighted by molar-refractivity contribution is 0.0752. The lowest BCUT2D eigenvalue weighted by Gasteiger charge is -2.36. The predicted octanol–water partition coefficient (Wildman–Crippen LogP) is 3.47. The Morgan fingerprint density at radius 2 is 2.00 bits per heavy atom. The molecule has 150 valence electrons. The molecule has 1 aromatic heterocycles. The number of likely N-dealkylation sites (tertiary alicyclic amines) is 1. The summed E-state index contributed by atoms with van der Waals surface area (Å²) in [5.41, 5.74) is 1.57. The third-order valence-corrected chi connectivity index (χ3v) is 6.01. The van der Waals surface area contributed by atoms with Crippen LogP contribution in [-0.2, 0) is 6.54 Å². The van der Waals surface area contributed by atoms with E-state index in [4.69, 9.17) is 4.74 Å². The summed E-state index contributed by atoms with van der Waals surface area (Å²) in [5.74, 6) is 0.774. The van der Waals surface area contributed by atoms with E-state index in [1.54, 1.807) is 18.1 Å². The molecule has 1 saturated carbocycles. The van der Waals surface area contributed by atoms with Gasteiger partial charge in [0, 0.05) is 37.9 Å². The lowest BCUT2D eigenvalue weighted by Crippen LogP contribution is -2.43. The fourth-order valence-electron chi connectivity index (χ4n) is 4.44. The summed E-state index contributed by atoms with van der Waals surface area (Å²) >= 11 is 0. The van der Waals surface area contributed by atoms with E-state index in [0.717, 1.165) is 43.4 Å². The van der Waals surface area contributed by atoms with Crippen LogP contribution >= 0.6 is 0 Å². The molecule has 1 aliphatic carbocycles. The molecular formula is C22H30N4O2. The monoisotopic (exact) mass is 382 g/mol. The minimum atomic E-state index is -0.0175. The van der Waals surface area contributed by atoms with Gasteiger partial charge in [0.1, 0.15) is 11.9 Å². The molecule has 6 heteroatoms. The van der Waals surface area contributed by atoms with Crippen LogP contribution in [0.2, 0.25) is 0 Å². The van der Waals surface area contributed by atoms with Crippen LogP contribution in [0.25, 0.3) is 0 Å². The number of carbonyl (C=O) groups is 1. The number of nitrogens with zero attached hydrogens (tertiary/aromatic N) is 3. The number of carbonyl (C=O) groups excluding carboxylic acids is 1. The first-order valence-electron chi connectivity index (χ1n) is 10.4. The van der Waals surface area contributed by atoms with Crippen molar-refractivity contribution in [3.8, 4) is 5.75 Å². The van der Waals surface area contributed by atoms with Crippen LogP contribution < -0.4 is 4.74 Å². The maximum Gasteiger partial charge on any atom is 0.254 e. The second-order valence-corrected chi connectivity index (χ2v) is 8.06. The number of hydrogen-bond donors (Lipinski definition) is 1. The van der Waals surface area contributed by atoms with E-state index >= 15 is 0 Å². The molecule has 28 heavy (non-hydrogen) atoms. The van der Waals surface area contributed by atoms with E-state index in [2.05, 4.69) is 15.1 Å². The highest BCUT2D eigenvalue weighted by molar-refractivity contribution is 5.94. The average molecular weight is 383 g/mol. The van der Waals surface area contributed by atoms with E-state index in [-0.39, 0.29) is 12.0 Å². The molecule has 0 atom stereocenters. The van der Waals surface area contributed by atoms with Gasteiger partial charge in [-0.1, -0.05) is 18.9 Å². The van der Waals surface area contributed by atoms with Gasteiger partial charge < -0.3 is 14.5 Å². The molecule has 2 aromatic rings. The van der Waals surface area contributed by atoms with Gasteiger partial charge in [0.25, 0.3) is 5.91 Å². The van der Waals surface area contributed by atoms with Crippen molar-refractivity contribution in [3.05, 3.63) is 47.8 Å². The molecule has 2 fully saturated rings. The number of ether oxygens (including phenoxy) is 1. The highest BCUT2D eigenvalue weighted by atomic mass is 16.5. The molecule has 1 aliphatic heterocycles. The van der Waals surface area contributed by atoms with Crippen molar-refractivity contribution < 1.29 is 9.53 Å². The highest BCUT2D eigenvalue weighted by Gasteiger charge is 2.27. The highest BCUT2D eigenvalue weighted by Crippen LogP contribution is 2.27. The predicted molar refractivity (Wildman–Crippen MR) is 108 cm³/mol. The summed E-state index contributed by atoms with van der Waals surface area (Å²) in [6, 6.07) is 10.2. The second kappa shape index (κ2) is 8.78. The maximum absolute atomic E-state index is 12.7. The fourth-order valence-corrected chi connectivity index (χ4v) is 4.44. The minimum absolute atomic E-state index is 0.0175. The van der Waals surface area contributed by atoms with Gasteiger partial charge in [-0.15, -0.1) is 0 Å². The van der Waals surface area contributed by atoms with E-state index < -0.39 is 0 Å². The van der Waals surface area contributed by atoms with Crippen molar-refractivity contribution >= 4 is 5.91 Å². The van der Waals surface area contributed by atoms with E-state index in [1.807, 2.05) is 30.3 Å². The molecule has 6 nitrogen and oxygen atoms in total. The maximum atomic E-state index is 12.7. The van der Waals surface area contributed by atoms with Gasteiger partial charge in [0.15, 0.2) is 0 Å². The average Bonchev–Trinajstić information content (AvgIpc) is 3.42. The number of piperidine rings is 1. The zero-order chi connectivity index (χ0) is 19.3. The Morgan fingerprint density at radius 3 is 2.71 bits per heavy atom. The number of aromatic nitrogens is 2. The van der Waals surface area contributed by atoms with Crippen LogP contribution in [0.1, 0.15) is 54.6 Å². The first-order valence-corrected chi connectivity index (χ1v) is 10.4. The number of nitrogens with one attached hydrogen (secondary N) is 1. The Balaban J connectivity index is 1.31.